The van der Waals surface area contributed by atoms with Gasteiger partial charge >= 0.3 is 0 Å². The average Bonchev–Trinajstić information content (AvgIpc) is 3.08. The van der Waals surface area contributed by atoms with Gasteiger partial charge in [0.2, 0.25) is 11.8 Å². The van der Waals surface area contributed by atoms with Gasteiger partial charge < -0.3 is 14.5 Å². The van der Waals surface area contributed by atoms with Gasteiger partial charge in [0.25, 0.3) is 0 Å². The molecule has 3 heterocycles. The predicted octanol–water partition coefficient (Wildman–Crippen LogP) is 2.71. The summed E-state index contributed by atoms with van der Waals surface area (Å²) in [6.45, 7) is 2.09. The molecule has 1 aromatic carbocycles. The van der Waals surface area contributed by atoms with E-state index in [0.29, 0.717) is 24.6 Å². The van der Waals surface area contributed by atoms with Crippen LogP contribution in [0, 0.1) is 0 Å². The minimum absolute atomic E-state index is 0.126. The molecular weight excluding hydrogens is 352 g/mol. The molecule has 1 saturated carbocycles. The second-order valence-corrected chi connectivity index (χ2v) is 8.44. The topological polar surface area (TPSA) is 49.9 Å². The highest BCUT2D eigenvalue weighted by molar-refractivity contribution is 6.30. The number of rotatable bonds is 2. The lowest BCUT2D eigenvalue weighted by Crippen LogP contribution is -2.58. The van der Waals surface area contributed by atoms with E-state index in [4.69, 9.17) is 16.3 Å². The Morgan fingerprint density at radius 1 is 1.12 bits per heavy atom. The van der Waals surface area contributed by atoms with Crippen LogP contribution >= 0.6 is 11.6 Å². The molecule has 4 aliphatic rings. The Kier molecular flexibility index (Phi) is 3.63. The smallest absolute Gasteiger partial charge is 0.233 e. The summed E-state index contributed by atoms with van der Waals surface area (Å²) in [7, 11) is 0. The van der Waals surface area contributed by atoms with Gasteiger partial charge in [-0.3, -0.25) is 9.59 Å². The van der Waals surface area contributed by atoms with Crippen LogP contribution < -0.4 is 0 Å². The van der Waals surface area contributed by atoms with Gasteiger partial charge in [0, 0.05) is 24.5 Å². The van der Waals surface area contributed by atoms with Crippen LogP contribution in [0.4, 0.5) is 0 Å². The molecule has 2 atom stereocenters. The zero-order valence-electron chi connectivity index (χ0n) is 14.7. The predicted molar refractivity (Wildman–Crippen MR) is 96.7 cm³/mol. The zero-order chi connectivity index (χ0) is 17.9. The summed E-state index contributed by atoms with van der Waals surface area (Å²) in [5.74, 6) is 0.290. The Morgan fingerprint density at radius 2 is 1.88 bits per heavy atom. The fraction of sp³-hybridized carbons (Fsp3) is 0.600. The SMILES string of the molecule is O=C1C[C@H]2N(C(=O)C3(c4ccc(Cl)cc4)CCC3)CC[C@]23OCCCN13. The molecule has 0 radical (unpaired) electrons. The Labute approximate surface area is 158 Å². The molecular formula is C20H23ClN2O3. The average molecular weight is 375 g/mol. The van der Waals surface area contributed by atoms with Crippen LogP contribution in [0.5, 0.6) is 0 Å². The van der Waals surface area contributed by atoms with Crippen molar-refractivity contribution in [1.82, 2.24) is 9.80 Å². The molecule has 1 aromatic rings. The first-order chi connectivity index (χ1) is 12.6. The summed E-state index contributed by atoms with van der Waals surface area (Å²) in [5.41, 5.74) is 0.0156. The molecule has 0 N–H and O–H groups in total. The molecule has 26 heavy (non-hydrogen) atoms. The van der Waals surface area contributed by atoms with E-state index in [0.717, 1.165) is 44.2 Å². The molecule has 5 nitrogen and oxygen atoms in total. The maximum absolute atomic E-state index is 13.7. The van der Waals surface area contributed by atoms with Crippen molar-refractivity contribution in [1.29, 1.82) is 0 Å². The third kappa shape index (κ3) is 2.07. The van der Waals surface area contributed by atoms with Crippen molar-refractivity contribution in [2.75, 3.05) is 19.7 Å². The summed E-state index contributed by atoms with van der Waals surface area (Å²) in [4.78, 5) is 30.0. The Balaban J connectivity index is 1.47. The summed E-state index contributed by atoms with van der Waals surface area (Å²) in [6.07, 6.45) is 4.78. The van der Waals surface area contributed by atoms with Crippen LogP contribution in [0.25, 0.3) is 0 Å². The first-order valence-electron chi connectivity index (χ1n) is 9.58. The number of hydrogen-bond acceptors (Lipinski definition) is 3. The Bertz CT molecular complexity index is 761. The van der Waals surface area contributed by atoms with Crippen LogP contribution in [-0.4, -0.2) is 53.1 Å². The fourth-order valence-corrected chi connectivity index (χ4v) is 5.52. The van der Waals surface area contributed by atoms with Crippen LogP contribution in [0.1, 0.15) is 44.1 Å². The van der Waals surface area contributed by atoms with Crippen molar-refractivity contribution in [3.8, 4) is 0 Å². The van der Waals surface area contributed by atoms with Crippen molar-refractivity contribution < 1.29 is 14.3 Å². The van der Waals surface area contributed by atoms with E-state index >= 15 is 0 Å². The van der Waals surface area contributed by atoms with Gasteiger partial charge in [0.1, 0.15) is 0 Å². The molecule has 0 bridgehead atoms. The molecule has 4 fully saturated rings. The quantitative estimate of drug-likeness (QED) is 0.799. The van der Waals surface area contributed by atoms with Gasteiger partial charge in [-0.05, 0) is 37.0 Å². The highest BCUT2D eigenvalue weighted by atomic mass is 35.5. The largest absolute Gasteiger partial charge is 0.353 e. The molecule has 2 amide bonds. The lowest BCUT2D eigenvalue weighted by Gasteiger charge is -2.46. The second kappa shape index (κ2) is 5.70. The van der Waals surface area contributed by atoms with Crippen LogP contribution in [0.2, 0.25) is 5.02 Å². The van der Waals surface area contributed by atoms with Crippen molar-refractivity contribution in [3.63, 3.8) is 0 Å². The monoisotopic (exact) mass is 374 g/mol. The number of carbonyl (C=O) groups excluding carboxylic acids is 2. The Morgan fingerprint density at radius 3 is 2.58 bits per heavy atom. The number of ether oxygens (including phenoxy) is 1. The van der Waals surface area contributed by atoms with E-state index in [1.54, 1.807) is 0 Å². The van der Waals surface area contributed by atoms with Crippen LogP contribution in [0.3, 0.4) is 0 Å². The number of hydrogen-bond donors (Lipinski definition) is 0. The molecule has 138 valence electrons. The van der Waals surface area contributed by atoms with Crippen molar-refractivity contribution in [2.45, 2.75) is 55.7 Å². The summed E-state index contributed by atoms with van der Waals surface area (Å²) in [6, 6.07) is 7.54. The third-order valence-corrected chi connectivity index (χ3v) is 7.14. The molecule has 3 saturated heterocycles. The summed E-state index contributed by atoms with van der Waals surface area (Å²) in [5, 5.41) is 0.684. The molecule has 6 heteroatoms. The summed E-state index contributed by atoms with van der Waals surface area (Å²) >= 11 is 6.04. The molecule has 0 unspecified atom stereocenters. The normalized spacial score (nSPS) is 32.2. The van der Waals surface area contributed by atoms with Gasteiger partial charge in [-0.25, -0.2) is 0 Å². The lowest BCUT2D eigenvalue weighted by atomic mass is 9.63. The van der Waals surface area contributed by atoms with Crippen molar-refractivity contribution in [2.24, 2.45) is 0 Å². The Hall–Kier alpha value is -1.59. The van der Waals surface area contributed by atoms with E-state index in [1.165, 1.54) is 0 Å². The van der Waals surface area contributed by atoms with E-state index in [9.17, 15) is 9.59 Å². The number of likely N-dealkylation sites (tertiary alicyclic amines) is 1. The fourth-order valence-electron chi connectivity index (χ4n) is 5.39. The third-order valence-electron chi connectivity index (χ3n) is 6.89. The van der Waals surface area contributed by atoms with Gasteiger partial charge in [0.05, 0.1) is 24.5 Å². The standard InChI is InChI=1S/C20H23ClN2O3/c21-15-5-3-14(4-6-15)19(7-1-8-19)18(25)22-11-9-20-16(22)13-17(24)23(20)10-2-12-26-20/h3-6,16H,1-2,7-13H2/t16-,20+/m1/s1. The van der Waals surface area contributed by atoms with Crippen molar-refractivity contribution in [3.05, 3.63) is 34.9 Å². The zero-order valence-corrected chi connectivity index (χ0v) is 15.5. The van der Waals surface area contributed by atoms with E-state index in [2.05, 4.69) is 0 Å². The van der Waals surface area contributed by atoms with Gasteiger partial charge in [-0.1, -0.05) is 30.2 Å². The number of nitrogens with zero attached hydrogens (tertiary/aromatic N) is 2. The van der Waals surface area contributed by atoms with Gasteiger partial charge in [-0.15, -0.1) is 0 Å². The van der Waals surface area contributed by atoms with Gasteiger partial charge in [-0.2, -0.15) is 0 Å². The van der Waals surface area contributed by atoms with E-state index in [1.807, 2.05) is 34.1 Å². The summed E-state index contributed by atoms with van der Waals surface area (Å²) < 4.78 is 6.14. The van der Waals surface area contributed by atoms with E-state index in [-0.39, 0.29) is 17.9 Å². The minimum Gasteiger partial charge on any atom is -0.353 e. The molecule has 3 aliphatic heterocycles. The number of halogens is 1. The lowest BCUT2D eigenvalue weighted by molar-refractivity contribution is -0.182. The van der Waals surface area contributed by atoms with E-state index < -0.39 is 11.1 Å². The van der Waals surface area contributed by atoms with Gasteiger partial charge in [0.15, 0.2) is 5.72 Å². The molecule has 1 spiro atoms. The second-order valence-electron chi connectivity index (χ2n) is 8.00. The first kappa shape index (κ1) is 16.6. The van der Waals surface area contributed by atoms with Crippen LogP contribution in [-0.2, 0) is 19.7 Å². The van der Waals surface area contributed by atoms with Crippen molar-refractivity contribution >= 4 is 23.4 Å². The highest BCUT2D eigenvalue weighted by Crippen LogP contribution is 2.50. The number of amides is 2. The minimum atomic E-state index is -0.573. The molecule has 1 aliphatic carbocycles. The first-order valence-corrected chi connectivity index (χ1v) is 9.96. The maximum Gasteiger partial charge on any atom is 0.233 e. The maximum atomic E-state index is 13.7. The highest BCUT2D eigenvalue weighted by Gasteiger charge is 2.63. The number of carbonyl (C=O) groups is 2. The van der Waals surface area contributed by atoms with Crippen LogP contribution in [0.15, 0.2) is 24.3 Å². The number of benzene rings is 1. The molecule has 5 rings (SSSR count). The molecule has 0 aromatic heterocycles.